The molecule has 12 heteroatoms. The Balaban J connectivity index is 1.44. The summed E-state index contributed by atoms with van der Waals surface area (Å²) >= 11 is 1.43. The average molecular weight is 514 g/mol. The Morgan fingerprint density at radius 3 is 2.56 bits per heavy atom. The summed E-state index contributed by atoms with van der Waals surface area (Å²) in [6.07, 6.45) is -1.27. The molecule has 5 heterocycles. The SMILES string of the molecule is CC(c1cccc(C(F)(F)F)n1)N1C(=O)c2cc(-c3ccnc(Nc4ccnn4C)n3)sc2C1(C)C. The van der Waals surface area contributed by atoms with Crippen LogP contribution in [0.5, 0.6) is 0 Å². The van der Waals surface area contributed by atoms with Gasteiger partial charge in [0.05, 0.1) is 39.6 Å². The van der Waals surface area contributed by atoms with Crippen LogP contribution in [-0.4, -0.2) is 35.5 Å². The second kappa shape index (κ2) is 8.40. The van der Waals surface area contributed by atoms with E-state index in [1.54, 1.807) is 54.1 Å². The van der Waals surface area contributed by atoms with E-state index in [2.05, 4.69) is 25.4 Å². The number of anilines is 2. The molecule has 4 aromatic rings. The number of hydrogen-bond donors (Lipinski definition) is 1. The number of nitrogens with zero attached hydrogens (tertiary/aromatic N) is 6. The van der Waals surface area contributed by atoms with Crippen LogP contribution in [0, 0.1) is 0 Å². The van der Waals surface area contributed by atoms with Crippen molar-refractivity contribution in [1.29, 1.82) is 0 Å². The largest absolute Gasteiger partial charge is 0.433 e. The number of fused-ring (bicyclic) bond motifs is 1. The third-order valence-corrected chi connectivity index (χ3v) is 7.65. The first kappa shape index (κ1) is 23.9. The first-order valence-corrected chi connectivity index (χ1v) is 11.9. The second-order valence-electron chi connectivity index (χ2n) is 8.94. The van der Waals surface area contributed by atoms with Gasteiger partial charge in [-0.25, -0.2) is 15.0 Å². The van der Waals surface area contributed by atoms with Gasteiger partial charge in [0, 0.05) is 24.2 Å². The van der Waals surface area contributed by atoms with Gasteiger partial charge < -0.3 is 10.2 Å². The molecule has 0 aromatic carbocycles. The van der Waals surface area contributed by atoms with E-state index in [1.807, 2.05) is 13.8 Å². The van der Waals surface area contributed by atoms with Gasteiger partial charge in [-0.1, -0.05) is 6.07 Å². The van der Waals surface area contributed by atoms with E-state index >= 15 is 0 Å². The Bertz CT molecular complexity index is 1460. The summed E-state index contributed by atoms with van der Waals surface area (Å²) in [5.74, 6) is 0.859. The van der Waals surface area contributed by atoms with E-state index in [1.165, 1.54) is 23.5 Å². The van der Waals surface area contributed by atoms with Gasteiger partial charge in [0.1, 0.15) is 11.5 Å². The third-order valence-electron chi connectivity index (χ3n) is 6.18. The van der Waals surface area contributed by atoms with E-state index in [-0.39, 0.29) is 11.6 Å². The molecule has 8 nitrogen and oxygen atoms in total. The lowest BCUT2D eigenvalue weighted by Gasteiger charge is -2.37. The lowest BCUT2D eigenvalue weighted by Crippen LogP contribution is -2.41. The minimum Gasteiger partial charge on any atom is -0.320 e. The first-order chi connectivity index (χ1) is 17.0. The van der Waals surface area contributed by atoms with Crippen LogP contribution in [0.25, 0.3) is 10.6 Å². The van der Waals surface area contributed by atoms with Crippen molar-refractivity contribution in [2.75, 3.05) is 5.32 Å². The number of aromatic nitrogens is 5. The van der Waals surface area contributed by atoms with Crippen LogP contribution in [0.1, 0.15) is 53.4 Å². The molecule has 1 aliphatic heterocycles. The summed E-state index contributed by atoms with van der Waals surface area (Å²) in [5, 5.41) is 7.22. The summed E-state index contributed by atoms with van der Waals surface area (Å²) in [4.78, 5) is 29.4. The minimum atomic E-state index is -4.56. The Labute approximate surface area is 208 Å². The zero-order valence-electron chi connectivity index (χ0n) is 19.8. The van der Waals surface area contributed by atoms with Crippen molar-refractivity contribution in [2.45, 2.75) is 38.5 Å². The first-order valence-electron chi connectivity index (χ1n) is 11.1. The van der Waals surface area contributed by atoms with E-state index in [9.17, 15) is 18.0 Å². The summed E-state index contributed by atoms with van der Waals surface area (Å²) < 4.78 is 41.3. The van der Waals surface area contributed by atoms with Crippen LogP contribution >= 0.6 is 11.3 Å². The number of alkyl halides is 3. The van der Waals surface area contributed by atoms with E-state index in [0.717, 1.165) is 21.6 Å². The summed E-state index contributed by atoms with van der Waals surface area (Å²) in [6.45, 7) is 5.47. The van der Waals surface area contributed by atoms with Crippen LogP contribution in [-0.2, 0) is 18.8 Å². The lowest BCUT2D eigenvalue weighted by molar-refractivity contribution is -0.141. The predicted molar refractivity (Wildman–Crippen MR) is 129 cm³/mol. The fourth-order valence-electron chi connectivity index (χ4n) is 4.43. The summed E-state index contributed by atoms with van der Waals surface area (Å²) in [6, 6.07) is 8.44. The molecule has 1 aliphatic rings. The molecule has 0 saturated carbocycles. The highest BCUT2D eigenvalue weighted by atomic mass is 32.1. The van der Waals surface area contributed by atoms with Gasteiger partial charge in [0.2, 0.25) is 5.95 Å². The predicted octanol–water partition coefficient (Wildman–Crippen LogP) is 5.55. The Morgan fingerprint density at radius 1 is 1.11 bits per heavy atom. The highest BCUT2D eigenvalue weighted by Gasteiger charge is 2.48. The van der Waals surface area contributed by atoms with Crippen molar-refractivity contribution in [3.8, 4) is 10.6 Å². The number of hydrogen-bond acceptors (Lipinski definition) is 7. The van der Waals surface area contributed by atoms with Crippen molar-refractivity contribution < 1.29 is 18.0 Å². The summed E-state index contributed by atoms with van der Waals surface area (Å²) in [7, 11) is 1.80. The highest BCUT2D eigenvalue weighted by molar-refractivity contribution is 7.16. The Hall–Kier alpha value is -3.80. The fraction of sp³-hybridized carbons (Fsp3) is 0.292. The quantitative estimate of drug-likeness (QED) is 0.377. The van der Waals surface area contributed by atoms with Crippen LogP contribution in [0.15, 0.2) is 48.8 Å². The van der Waals surface area contributed by atoms with Crippen molar-refractivity contribution in [3.63, 3.8) is 0 Å². The fourth-order valence-corrected chi connectivity index (χ4v) is 5.64. The molecule has 1 unspecified atom stereocenters. The number of nitrogens with one attached hydrogen (secondary N) is 1. The molecule has 0 bridgehead atoms. The molecule has 1 amide bonds. The van der Waals surface area contributed by atoms with Crippen LogP contribution < -0.4 is 5.32 Å². The van der Waals surface area contributed by atoms with Crippen LogP contribution in [0.4, 0.5) is 24.9 Å². The van der Waals surface area contributed by atoms with Crippen molar-refractivity contribution in [2.24, 2.45) is 7.05 Å². The minimum absolute atomic E-state index is 0.184. The topological polar surface area (TPSA) is 88.8 Å². The van der Waals surface area contributed by atoms with Gasteiger partial charge >= 0.3 is 6.18 Å². The van der Waals surface area contributed by atoms with Gasteiger partial charge in [-0.15, -0.1) is 11.3 Å². The standard InChI is InChI=1S/C24H22F3N7OS/c1-13(15-6-5-7-18(30-15)24(25,26)27)34-21(35)14-12-17(36-20(14)23(34,2)3)16-8-10-28-22(31-16)32-19-9-11-29-33(19)4/h5-13H,1-4H3,(H,28,31,32). The van der Waals surface area contributed by atoms with Gasteiger partial charge in [-0.2, -0.15) is 18.3 Å². The lowest BCUT2D eigenvalue weighted by atomic mass is 10.0. The zero-order valence-corrected chi connectivity index (χ0v) is 20.6. The van der Waals surface area contributed by atoms with Crippen LogP contribution in [0.3, 0.4) is 0 Å². The molecule has 186 valence electrons. The maximum atomic E-state index is 13.5. The Kier molecular flexibility index (Phi) is 5.58. The van der Waals surface area contributed by atoms with Crippen molar-refractivity contribution >= 4 is 29.0 Å². The number of carbonyl (C=O) groups is 1. The molecule has 5 rings (SSSR count). The number of pyridine rings is 1. The van der Waals surface area contributed by atoms with E-state index in [4.69, 9.17) is 0 Å². The molecule has 0 saturated heterocycles. The number of carbonyl (C=O) groups excluding carboxylic acids is 1. The molecule has 0 aliphatic carbocycles. The molecule has 36 heavy (non-hydrogen) atoms. The maximum absolute atomic E-state index is 13.5. The number of amides is 1. The number of aryl methyl sites for hydroxylation is 1. The molecular weight excluding hydrogens is 491 g/mol. The van der Waals surface area contributed by atoms with E-state index in [0.29, 0.717) is 17.2 Å². The van der Waals surface area contributed by atoms with Crippen LogP contribution in [0.2, 0.25) is 0 Å². The van der Waals surface area contributed by atoms with E-state index < -0.39 is 23.5 Å². The Morgan fingerprint density at radius 2 is 1.89 bits per heavy atom. The van der Waals surface area contributed by atoms with Crippen molar-refractivity contribution in [3.05, 3.63) is 70.6 Å². The molecule has 1 atom stereocenters. The smallest absolute Gasteiger partial charge is 0.320 e. The van der Waals surface area contributed by atoms with Crippen molar-refractivity contribution in [1.82, 2.24) is 29.6 Å². The van der Waals surface area contributed by atoms with Gasteiger partial charge in [0.25, 0.3) is 5.91 Å². The molecule has 0 fully saturated rings. The molecule has 0 radical (unpaired) electrons. The zero-order chi connectivity index (χ0) is 25.8. The molecule has 1 N–H and O–H groups in total. The summed E-state index contributed by atoms with van der Waals surface area (Å²) in [5.41, 5.74) is -0.389. The average Bonchev–Trinajstić information content (AvgIpc) is 3.50. The van der Waals surface area contributed by atoms with Gasteiger partial charge in [-0.05, 0) is 45.0 Å². The molecule has 0 spiro atoms. The number of halogens is 3. The normalized spacial score (nSPS) is 15.8. The number of rotatable bonds is 5. The highest BCUT2D eigenvalue weighted by Crippen LogP contribution is 2.49. The maximum Gasteiger partial charge on any atom is 0.433 e. The third kappa shape index (κ3) is 4.00. The monoisotopic (exact) mass is 513 g/mol. The molecular formula is C24H22F3N7OS. The second-order valence-corrected chi connectivity index (χ2v) is 9.99. The van der Waals surface area contributed by atoms with Gasteiger partial charge in [-0.3, -0.25) is 9.48 Å². The molecule has 4 aromatic heterocycles. The van der Waals surface area contributed by atoms with Gasteiger partial charge in [0.15, 0.2) is 0 Å². The number of thiophene rings is 1.